The zero-order valence-electron chi connectivity index (χ0n) is 45.5. The van der Waals surface area contributed by atoms with Crippen LogP contribution in [0.3, 0.4) is 0 Å². The van der Waals surface area contributed by atoms with Gasteiger partial charge in [-0.15, -0.1) is 0 Å². The van der Waals surface area contributed by atoms with Crippen LogP contribution in [0, 0.1) is 0 Å². The molecule has 11 heteroatoms. The summed E-state index contributed by atoms with van der Waals surface area (Å²) in [6.45, 7) is 5.61. The molecule has 0 bridgehead atoms. The van der Waals surface area contributed by atoms with Gasteiger partial charge in [0.1, 0.15) is 24.4 Å². The Labute approximate surface area is 438 Å². The minimum Gasteiger partial charge on any atom is -0.454 e. The minimum atomic E-state index is -1.64. The molecule has 1 saturated heterocycles. The first-order valence-corrected chi connectivity index (χ1v) is 28.9. The normalized spacial score (nSPS) is 20.1. The molecule has 1 amide bonds. The summed E-state index contributed by atoms with van der Waals surface area (Å²) in [6.07, 6.45) is 52.0. The van der Waals surface area contributed by atoms with Crippen molar-refractivity contribution in [1.82, 2.24) is 5.32 Å². The van der Waals surface area contributed by atoms with Crippen molar-refractivity contribution in [2.45, 2.75) is 275 Å². The zero-order chi connectivity index (χ0) is 52.5. The van der Waals surface area contributed by atoms with Gasteiger partial charge in [0, 0.05) is 6.42 Å². The van der Waals surface area contributed by atoms with E-state index in [0.717, 1.165) is 96.3 Å². The molecule has 72 heavy (non-hydrogen) atoms. The molecule has 0 aromatic rings. The Bertz CT molecular complexity index is 1490. The number of carbonyl (C=O) groups is 2. The number of esters is 1. The van der Waals surface area contributed by atoms with Crippen LogP contribution in [0.15, 0.2) is 85.1 Å². The summed E-state index contributed by atoms with van der Waals surface area (Å²) in [5.41, 5.74) is 0. The highest BCUT2D eigenvalue weighted by Crippen LogP contribution is 2.26. The molecule has 0 radical (unpaired) electrons. The first-order valence-electron chi connectivity index (χ1n) is 28.9. The molecule has 1 heterocycles. The van der Waals surface area contributed by atoms with Gasteiger partial charge in [0.2, 0.25) is 5.91 Å². The van der Waals surface area contributed by atoms with Gasteiger partial charge in [-0.25, -0.2) is 0 Å². The molecular formula is C61H105NO10. The molecule has 0 saturated carbocycles. The molecular weight excluding hydrogens is 907 g/mol. The van der Waals surface area contributed by atoms with Gasteiger partial charge in [0.15, 0.2) is 12.4 Å². The van der Waals surface area contributed by atoms with Crippen molar-refractivity contribution in [1.29, 1.82) is 0 Å². The van der Waals surface area contributed by atoms with Gasteiger partial charge < -0.3 is 45.1 Å². The summed E-state index contributed by atoms with van der Waals surface area (Å²) in [5, 5.41) is 56.8. The average Bonchev–Trinajstić information content (AvgIpc) is 3.38. The molecule has 8 atom stereocenters. The Morgan fingerprint density at radius 3 is 1.53 bits per heavy atom. The summed E-state index contributed by atoms with van der Waals surface area (Å²) in [7, 11) is 0. The fraction of sp³-hybridized carbons (Fsp3) is 0.738. The van der Waals surface area contributed by atoms with Crippen LogP contribution in [0.5, 0.6) is 0 Å². The number of aliphatic hydroxyl groups is 5. The Balaban J connectivity index is 2.77. The first-order chi connectivity index (χ1) is 35.2. The maximum absolute atomic E-state index is 13.4. The predicted octanol–water partition coefficient (Wildman–Crippen LogP) is 13.0. The summed E-state index contributed by atoms with van der Waals surface area (Å²) < 4.78 is 17.5. The predicted molar refractivity (Wildman–Crippen MR) is 296 cm³/mol. The van der Waals surface area contributed by atoms with Gasteiger partial charge in [-0.2, -0.15) is 0 Å². The second-order valence-corrected chi connectivity index (χ2v) is 19.6. The van der Waals surface area contributed by atoms with Crippen LogP contribution in [-0.2, 0) is 23.8 Å². The van der Waals surface area contributed by atoms with Crippen LogP contribution in [0.4, 0.5) is 0 Å². The lowest BCUT2D eigenvalue weighted by Crippen LogP contribution is -2.61. The number of unbranched alkanes of at least 4 members (excludes halogenated alkanes) is 21. The molecule has 0 aliphatic carbocycles. The maximum Gasteiger partial charge on any atom is 0.306 e. The molecule has 0 aromatic carbocycles. The standard InChI is InChI=1S/C61H105NO10/c1-4-7-10-13-16-19-22-25-27-28-29-31-34-37-40-43-46-49-56(66)72-59-58(68)57(67)55(50-63)71-61(59)70-51-52(53(64)47-44-41-38-35-32-24-21-18-15-12-9-6-3)62-60(69)54(65)48-45-42-39-36-33-30-26-23-20-17-14-11-8-5-2/h7,10,16,19-20,23,25,27,29,31,37,40,44,47,52-55,57-59,61,63-65,67-68H,4-6,8-9,11-15,17-18,21-22,24,26,28,30,32-36,38-39,41-43,45-46,48-51H2,1-3H3,(H,62,69)/b10-7-,19-16-,23-20-,27-25-,31-29-,40-37-,47-44+. The minimum absolute atomic E-state index is 0.0415. The molecule has 1 aliphatic heterocycles. The van der Waals surface area contributed by atoms with Crippen molar-refractivity contribution in [3.05, 3.63) is 85.1 Å². The number of amides is 1. The lowest BCUT2D eigenvalue weighted by atomic mass is 9.99. The van der Waals surface area contributed by atoms with Crippen molar-refractivity contribution < 1.29 is 49.3 Å². The molecule has 1 aliphatic rings. The number of hydrogen-bond donors (Lipinski definition) is 6. The molecule has 11 nitrogen and oxygen atoms in total. The monoisotopic (exact) mass is 1010 g/mol. The first kappa shape index (κ1) is 66.9. The van der Waals surface area contributed by atoms with Crippen LogP contribution in [0.1, 0.15) is 226 Å². The summed E-state index contributed by atoms with van der Waals surface area (Å²) >= 11 is 0. The van der Waals surface area contributed by atoms with Gasteiger partial charge in [-0.1, -0.05) is 215 Å². The Morgan fingerprint density at radius 1 is 0.556 bits per heavy atom. The number of carbonyl (C=O) groups excluding carboxylic acids is 2. The van der Waals surface area contributed by atoms with E-state index in [4.69, 9.17) is 14.2 Å². The molecule has 0 spiro atoms. The average molecular weight is 1010 g/mol. The highest BCUT2D eigenvalue weighted by Gasteiger charge is 2.47. The third-order valence-electron chi connectivity index (χ3n) is 13.0. The number of rotatable bonds is 47. The second-order valence-electron chi connectivity index (χ2n) is 19.6. The molecule has 414 valence electrons. The van der Waals surface area contributed by atoms with Crippen molar-refractivity contribution in [3.63, 3.8) is 0 Å². The number of nitrogens with one attached hydrogen (secondary N) is 1. The van der Waals surface area contributed by atoms with Gasteiger partial charge >= 0.3 is 5.97 Å². The number of ether oxygens (including phenoxy) is 3. The van der Waals surface area contributed by atoms with E-state index in [1.807, 2.05) is 18.2 Å². The quantitative estimate of drug-likeness (QED) is 0.0196. The van der Waals surface area contributed by atoms with E-state index >= 15 is 0 Å². The summed E-state index contributed by atoms with van der Waals surface area (Å²) in [5.74, 6) is -1.27. The molecule has 6 N–H and O–H groups in total. The molecule has 1 rings (SSSR count). The van der Waals surface area contributed by atoms with Crippen LogP contribution >= 0.6 is 0 Å². The molecule has 1 fully saturated rings. The number of allylic oxidation sites excluding steroid dienone is 13. The van der Waals surface area contributed by atoms with E-state index in [-0.39, 0.29) is 19.4 Å². The lowest BCUT2D eigenvalue weighted by molar-refractivity contribution is -0.305. The van der Waals surface area contributed by atoms with E-state index < -0.39 is 67.4 Å². The van der Waals surface area contributed by atoms with Crippen LogP contribution in [-0.4, -0.2) is 99.6 Å². The fourth-order valence-electron chi connectivity index (χ4n) is 8.44. The highest BCUT2D eigenvalue weighted by molar-refractivity contribution is 5.80. The SMILES string of the molecule is CC/C=C\C/C=C\C/C=C\C/C=C\C/C=C\CCCC(=O)OC1C(OCC(NC(=O)C(O)CCCCCCCC/C=C\CCCCCC)C(O)/C=C/CCCCCCCCCCCC)OC(CO)C(O)C1O. The Hall–Kier alpha value is -3.16. The van der Waals surface area contributed by atoms with Crippen LogP contribution in [0.25, 0.3) is 0 Å². The van der Waals surface area contributed by atoms with E-state index in [1.54, 1.807) is 6.08 Å². The lowest BCUT2D eigenvalue weighted by Gasteiger charge is -2.41. The number of aliphatic hydroxyl groups excluding tert-OH is 5. The van der Waals surface area contributed by atoms with Crippen molar-refractivity contribution >= 4 is 11.9 Å². The van der Waals surface area contributed by atoms with E-state index in [9.17, 15) is 35.1 Å². The van der Waals surface area contributed by atoms with Gasteiger partial charge in [0.25, 0.3) is 0 Å². The largest absolute Gasteiger partial charge is 0.454 e. The third-order valence-corrected chi connectivity index (χ3v) is 13.0. The van der Waals surface area contributed by atoms with Gasteiger partial charge in [0.05, 0.1) is 25.4 Å². The third kappa shape index (κ3) is 36.7. The molecule has 0 aromatic heterocycles. The van der Waals surface area contributed by atoms with Crippen LogP contribution in [0.2, 0.25) is 0 Å². The van der Waals surface area contributed by atoms with Crippen molar-refractivity contribution in [3.8, 4) is 0 Å². The van der Waals surface area contributed by atoms with Crippen molar-refractivity contribution in [2.75, 3.05) is 13.2 Å². The second kappa shape index (κ2) is 48.8. The van der Waals surface area contributed by atoms with Crippen LogP contribution < -0.4 is 5.32 Å². The number of hydrogen-bond acceptors (Lipinski definition) is 10. The topological polar surface area (TPSA) is 175 Å². The van der Waals surface area contributed by atoms with Gasteiger partial charge in [-0.3, -0.25) is 9.59 Å². The zero-order valence-corrected chi connectivity index (χ0v) is 45.5. The highest BCUT2D eigenvalue weighted by atomic mass is 16.7. The van der Waals surface area contributed by atoms with E-state index in [2.05, 4.69) is 86.8 Å². The maximum atomic E-state index is 13.4. The van der Waals surface area contributed by atoms with Gasteiger partial charge in [-0.05, 0) is 89.9 Å². The Kier molecular flexibility index (Phi) is 45.3. The van der Waals surface area contributed by atoms with Crippen molar-refractivity contribution in [2.24, 2.45) is 0 Å². The summed E-state index contributed by atoms with van der Waals surface area (Å²) in [6, 6.07) is -1.04. The Morgan fingerprint density at radius 2 is 1.00 bits per heavy atom. The van der Waals surface area contributed by atoms with E-state index in [1.165, 1.54) is 77.0 Å². The smallest absolute Gasteiger partial charge is 0.306 e. The molecule has 8 unspecified atom stereocenters. The summed E-state index contributed by atoms with van der Waals surface area (Å²) in [4.78, 5) is 26.4. The van der Waals surface area contributed by atoms with E-state index in [0.29, 0.717) is 19.3 Å². The fourth-order valence-corrected chi connectivity index (χ4v) is 8.44.